The van der Waals surface area contributed by atoms with Crippen LogP contribution in [0.4, 0.5) is 17.6 Å². The SMILES string of the molecule is Cl.O=C(NO)C1(S(=O)(=O)c2ccc(-c3ccc(OC(F)(F)C(F)F)cc3)nc2)CCOCC1. The molecule has 1 aromatic carbocycles. The largest absolute Gasteiger partial charge is 0.461 e. The average molecular weight is 515 g/mol. The van der Waals surface area contributed by atoms with Crippen molar-refractivity contribution in [3.05, 3.63) is 42.6 Å². The zero-order chi connectivity index (χ0) is 23.6. The Kier molecular flexibility index (Phi) is 8.27. The molecule has 2 N–H and O–H groups in total. The normalized spacial score (nSPS) is 16.1. The monoisotopic (exact) mass is 514 g/mol. The standard InChI is InChI=1S/C19H18F4N2O6S.ClH/c20-16(21)19(22,23)31-13-3-1-12(2-4-13)15-6-5-14(11-24-15)32(28,29)18(17(26)25-27)7-9-30-10-8-18;/h1-6,11,16,27H,7-10H2,(H,25,26);1H. The molecule has 2 heterocycles. The smallest absolute Gasteiger partial charge is 0.428 e. The number of amides is 1. The van der Waals surface area contributed by atoms with Crippen LogP contribution in [0.1, 0.15) is 12.8 Å². The fourth-order valence-electron chi connectivity index (χ4n) is 3.25. The van der Waals surface area contributed by atoms with Crippen LogP contribution in [-0.2, 0) is 19.4 Å². The van der Waals surface area contributed by atoms with Crippen LogP contribution < -0.4 is 10.2 Å². The molecule has 0 bridgehead atoms. The number of hydrogen-bond acceptors (Lipinski definition) is 7. The highest BCUT2D eigenvalue weighted by atomic mass is 35.5. The van der Waals surface area contributed by atoms with E-state index in [1.54, 1.807) is 0 Å². The molecule has 0 aliphatic carbocycles. The van der Waals surface area contributed by atoms with Gasteiger partial charge in [0.05, 0.1) is 10.6 Å². The lowest BCUT2D eigenvalue weighted by Gasteiger charge is -2.34. The van der Waals surface area contributed by atoms with Crippen LogP contribution in [0, 0.1) is 0 Å². The summed E-state index contributed by atoms with van der Waals surface area (Å²) in [4.78, 5) is 16.0. The Hall–Kier alpha value is -2.48. The van der Waals surface area contributed by atoms with Gasteiger partial charge in [-0.05, 0) is 49.2 Å². The lowest BCUT2D eigenvalue weighted by molar-refractivity contribution is -0.253. The van der Waals surface area contributed by atoms with Crippen molar-refractivity contribution in [2.75, 3.05) is 13.2 Å². The van der Waals surface area contributed by atoms with Crippen molar-refractivity contribution in [3.63, 3.8) is 0 Å². The van der Waals surface area contributed by atoms with Crippen molar-refractivity contribution < 1.29 is 45.5 Å². The molecule has 1 fully saturated rings. The number of ether oxygens (including phenoxy) is 2. The van der Waals surface area contributed by atoms with E-state index in [9.17, 15) is 30.8 Å². The molecule has 1 amide bonds. The highest BCUT2D eigenvalue weighted by molar-refractivity contribution is 7.93. The molecule has 0 unspecified atom stereocenters. The van der Waals surface area contributed by atoms with E-state index < -0.39 is 38.8 Å². The van der Waals surface area contributed by atoms with Crippen molar-refractivity contribution >= 4 is 28.2 Å². The molecule has 33 heavy (non-hydrogen) atoms. The maximum atomic E-state index is 13.2. The van der Waals surface area contributed by atoms with Crippen molar-refractivity contribution in [1.29, 1.82) is 0 Å². The molecule has 1 aliphatic heterocycles. The average Bonchev–Trinajstić information content (AvgIpc) is 2.79. The Balaban J connectivity index is 0.00000385. The number of halogens is 5. The first-order valence-corrected chi connectivity index (χ1v) is 10.7. The molecule has 0 atom stereocenters. The number of hydrogen-bond donors (Lipinski definition) is 2. The minimum Gasteiger partial charge on any atom is -0.428 e. The fraction of sp³-hybridized carbons (Fsp3) is 0.368. The van der Waals surface area contributed by atoms with Gasteiger partial charge in [0.1, 0.15) is 5.75 Å². The predicted molar refractivity (Wildman–Crippen MR) is 108 cm³/mol. The van der Waals surface area contributed by atoms with E-state index >= 15 is 0 Å². The summed E-state index contributed by atoms with van der Waals surface area (Å²) < 4.78 is 84.0. The number of hydroxylamine groups is 1. The second-order valence-corrected chi connectivity index (χ2v) is 9.18. The van der Waals surface area contributed by atoms with E-state index in [0.717, 1.165) is 18.3 Å². The van der Waals surface area contributed by atoms with Gasteiger partial charge >= 0.3 is 12.5 Å². The second-order valence-electron chi connectivity index (χ2n) is 6.92. The van der Waals surface area contributed by atoms with Gasteiger partial charge in [0.15, 0.2) is 14.6 Å². The number of pyridine rings is 1. The predicted octanol–water partition coefficient (Wildman–Crippen LogP) is 3.24. The topological polar surface area (TPSA) is 115 Å². The molecule has 0 radical (unpaired) electrons. The van der Waals surface area contributed by atoms with Crippen LogP contribution >= 0.6 is 12.4 Å². The number of nitrogens with zero attached hydrogens (tertiary/aromatic N) is 1. The molecule has 14 heteroatoms. The quantitative estimate of drug-likeness (QED) is 0.331. The Morgan fingerprint density at radius 2 is 1.76 bits per heavy atom. The van der Waals surface area contributed by atoms with Gasteiger partial charge in [0, 0.05) is 25.0 Å². The molecule has 0 spiro atoms. The molecule has 3 rings (SSSR count). The van der Waals surface area contributed by atoms with E-state index in [1.807, 2.05) is 0 Å². The minimum absolute atomic E-state index is 0. The highest BCUT2D eigenvalue weighted by Crippen LogP contribution is 2.36. The lowest BCUT2D eigenvalue weighted by atomic mass is 9.98. The molecule has 8 nitrogen and oxygen atoms in total. The Morgan fingerprint density at radius 1 is 1.15 bits per heavy atom. The molecule has 2 aromatic rings. The first-order valence-electron chi connectivity index (χ1n) is 9.22. The van der Waals surface area contributed by atoms with Gasteiger partial charge in [-0.2, -0.15) is 17.6 Å². The van der Waals surface area contributed by atoms with Crippen LogP contribution in [0.25, 0.3) is 11.3 Å². The third kappa shape index (κ3) is 5.21. The molecule has 1 saturated heterocycles. The number of sulfone groups is 1. The number of benzene rings is 1. The lowest BCUT2D eigenvalue weighted by Crippen LogP contribution is -2.54. The van der Waals surface area contributed by atoms with Gasteiger partial charge in [0.25, 0.3) is 5.91 Å². The fourth-order valence-corrected chi connectivity index (χ4v) is 5.14. The van der Waals surface area contributed by atoms with Gasteiger partial charge in [-0.15, -0.1) is 12.4 Å². The molecule has 182 valence electrons. The summed E-state index contributed by atoms with van der Waals surface area (Å²) in [5.74, 6) is -1.56. The van der Waals surface area contributed by atoms with Crippen LogP contribution in [0.5, 0.6) is 5.75 Å². The Morgan fingerprint density at radius 3 is 2.24 bits per heavy atom. The van der Waals surface area contributed by atoms with Gasteiger partial charge in [-0.1, -0.05) is 0 Å². The number of rotatable bonds is 7. The first kappa shape index (κ1) is 26.8. The van der Waals surface area contributed by atoms with E-state index in [1.165, 1.54) is 29.7 Å². The number of aromatic nitrogens is 1. The van der Waals surface area contributed by atoms with Gasteiger partial charge in [-0.3, -0.25) is 15.0 Å². The zero-order valence-electron chi connectivity index (χ0n) is 16.7. The highest BCUT2D eigenvalue weighted by Gasteiger charge is 2.52. The summed E-state index contributed by atoms with van der Waals surface area (Å²) in [6.45, 7) is 0.0222. The zero-order valence-corrected chi connectivity index (χ0v) is 18.3. The molecular formula is C19H19ClF4N2O6S. The summed E-state index contributed by atoms with van der Waals surface area (Å²) in [6, 6.07) is 7.20. The number of carbonyl (C=O) groups is 1. The third-order valence-electron chi connectivity index (χ3n) is 5.03. The Bertz CT molecular complexity index is 1060. The summed E-state index contributed by atoms with van der Waals surface area (Å²) in [7, 11) is -4.26. The van der Waals surface area contributed by atoms with E-state index in [-0.39, 0.29) is 49.1 Å². The molecular weight excluding hydrogens is 496 g/mol. The number of carbonyl (C=O) groups excluding carboxylic acids is 1. The van der Waals surface area contributed by atoms with Crippen molar-refractivity contribution in [3.8, 4) is 17.0 Å². The van der Waals surface area contributed by atoms with Gasteiger partial charge in [0.2, 0.25) is 0 Å². The Labute approximate surface area is 192 Å². The van der Waals surface area contributed by atoms with E-state index in [4.69, 9.17) is 9.94 Å². The number of alkyl halides is 4. The van der Waals surface area contributed by atoms with E-state index in [0.29, 0.717) is 5.56 Å². The minimum atomic E-state index is -4.64. The van der Waals surface area contributed by atoms with Crippen LogP contribution in [-0.4, -0.2) is 55.0 Å². The number of nitrogens with one attached hydrogen (secondary N) is 1. The second kappa shape index (κ2) is 10.2. The maximum Gasteiger partial charge on any atom is 0.461 e. The summed E-state index contributed by atoms with van der Waals surface area (Å²) in [5, 5.41) is 9.06. The van der Waals surface area contributed by atoms with Crippen molar-refractivity contribution in [1.82, 2.24) is 10.5 Å². The molecule has 1 aromatic heterocycles. The van der Waals surface area contributed by atoms with Crippen LogP contribution in [0.2, 0.25) is 0 Å². The molecule has 0 saturated carbocycles. The van der Waals surface area contributed by atoms with Crippen LogP contribution in [0.15, 0.2) is 47.5 Å². The van der Waals surface area contributed by atoms with E-state index in [2.05, 4.69) is 9.72 Å². The first-order chi connectivity index (χ1) is 15.0. The third-order valence-corrected chi connectivity index (χ3v) is 7.52. The summed E-state index contributed by atoms with van der Waals surface area (Å²) in [5.41, 5.74) is 2.04. The molecule has 1 aliphatic rings. The van der Waals surface area contributed by atoms with Gasteiger partial charge < -0.3 is 9.47 Å². The van der Waals surface area contributed by atoms with Crippen molar-refractivity contribution in [2.45, 2.75) is 35.0 Å². The summed E-state index contributed by atoms with van der Waals surface area (Å²) >= 11 is 0. The summed E-state index contributed by atoms with van der Waals surface area (Å²) in [6.07, 6.45) is -7.92. The van der Waals surface area contributed by atoms with Crippen LogP contribution in [0.3, 0.4) is 0 Å². The van der Waals surface area contributed by atoms with Gasteiger partial charge in [-0.25, -0.2) is 13.9 Å². The maximum absolute atomic E-state index is 13.2. The van der Waals surface area contributed by atoms with Crippen molar-refractivity contribution in [2.24, 2.45) is 0 Å².